The Bertz CT molecular complexity index is 439. The van der Waals surface area contributed by atoms with Gasteiger partial charge < -0.3 is 20.1 Å². The van der Waals surface area contributed by atoms with Crippen molar-refractivity contribution >= 4 is 17.5 Å². The van der Waals surface area contributed by atoms with Crippen LogP contribution in [0.3, 0.4) is 0 Å². The second kappa shape index (κ2) is 4.28. The van der Waals surface area contributed by atoms with E-state index in [4.69, 9.17) is 0 Å². The minimum Gasteiger partial charge on any atom is -0.530 e. The predicted octanol–water partition coefficient (Wildman–Crippen LogP) is -0.284. The van der Waals surface area contributed by atoms with Crippen LogP contribution in [0, 0.1) is 10.1 Å². The molecule has 1 heterocycles. The van der Waals surface area contributed by atoms with Crippen LogP contribution < -0.4 is 15.3 Å². The number of anilines is 1. The molecule has 1 aliphatic rings. The third kappa shape index (κ3) is 2.44. The molecule has 0 spiro atoms. The molecular weight excluding hydrogens is 226 g/mol. The average Bonchev–Trinajstić information content (AvgIpc) is 2.23. The maximum Gasteiger partial charge on any atom is 0.269 e. The molecule has 0 saturated carbocycles. The van der Waals surface area contributed by atoms with Crippen LogP contribution >= 0.6 is 0 Å². The van der Waals surface area contributed by atoms with E-state index in [0.717, 1.165) is 5.69 Å². The molecule has 0 aromatic heterocycles. The summed E-state index contributed by atoms with van der Waals surface area (Å²) in [4.78, 5) is 22.2. The molecule has 0 bridgehead atoms. The van der Waals surface area contributed by atoms with Gasteiger partial charge in [-0.2, -0.15) is 0 Å². The minimum atomic E-state index is -1.28. The Morgan fingerprint density at radius 3 is 2.41 bits per heavy atom. The quantitative estimate of drug-likeness (QED) is 0.574. The molecule has 90 valence electrons. The maximum absolute atomic E-state index is 10.4. The highest BCUT2D eigenvalue weighted by Crippen LogP contribution is 2.23. The second-order valence-corrected chi connectivity index (χ2v) is 3.81. The highest BCUT2D eigenvalue weighted by atomic mass is 16.6. The van der Waals surface area contributed by atoms with Crippen molar-refractivity contribution < 1.29 is 14.8 Å². The third-order valence-corrected chi connectivity index (χ3v) is 2.63. The van der Waals surface area contributed by atoms with E-state index in [1.54, 1.807) is 12.1 Å². The van der Waals surface area contributed by atoms with Crippen molar-refractivity contribution in [1.82, 2.24) is 5.32 Å². The average molecular weight is 236 g/mol. The summed E-state index contributed by atoms with van der Waals surface area (Å²) in [6, 6.07) is 6.01. The zero-order valence-electron chi connectivity index (χ0n) is 8.83. The number of nitrogens with zero attached hydrogens (tertiary/aromatic N) is 2. The number of rotatable bonds is 3. The van der Waals surface area contributed by atoms with Gasteiger partial charge in [0.2, 0.25) is 0 Å². The molecule has 1 N–H and O–H groups in total. The van der Waals surface area contributed by atoms with Gasteiger partial charge in [0, 0.05) is 30.9 Å². The number of nitro benzene ring substituents is 1. The lowest BCUT2D eigenvalue weighted by atomic mass is 10.1. The van der Waals surface area contributed by atoms with Crippen molar-refractivity contribution in [3.05, 3.63) is 34.4 Å². The van der Waals surface area contributed by atoms with Crippen molar-refractivity contribution in [2.75, 3.05) is 18.0 Å². The number of nitro groups is 1. The summed E-state index contributed by atoms with van der Waals surface area (Å²) in [5.74, 6) is 0. The molecule has 2 rings (SSSR count). The molecule has 0 radical (unpaired) electrons. The first-order valence-electron chi connectivity index (χ1n) is 5.03. The van der Waals surface area contributed by atoms with Gasteiger partial charge in [-0.1, -0.05) is 0 Å². The summed E-state index contributed by atoms with van der Waals surface area (Å²) < 4.78 is 0. The van der Waals surface area contributed by atoms with E-state index < -0.39 is 11.0 Å². The first-order valence-corrected chi connectivity index (χ1v) is 5.03. The van der Waals surface area contributed by atoms with E-state index in [1.807, 2.05) is 4.90 Å². The molecule has 1 amide bonds. The topological polar surface area (TPSA) is 98.5 Å². The Kier molecular flexibility index (Phi) is 2.82. The Balaban J connectivity index is 1.93. The van der Waals surface area contributed by atoms with Crippen LogP contribution in [0.5, 0.6) is 0 Å². The number of carbonyl (C=O) groups is 1. The number of carboxylic acid groups (broad SMARTS) is 1. The van der Waals surface area contributed by atoms with Crippen LogP contribution in [-0.4, -0.2) is 30.1 Å². The Hall–Kier alpha value is -2.31. The highest BCUT2D eigenvalue weighted by Gasteiger charge is 2.26. The maximum atomic E-state index is 10.4. The number of nitrogens with one attached hydrogen (secondary N) is 1. The van der Waals surface area contributed by atoms with Gasteiger partial charge in [-0.3, -0.25) is 10.1 Å². The largest absolute Gasteiger partial charge is 0.530 e. The summed E-state index contributed by atoms with van der Waals surface area (Å²) in [7, 11) is 0. The van der Waals surface area contributed by atoms with Crippen molar-refractivity contribution in [1.29, 1.82) is 0 Å². The molecule has 1 aliphatic heterocycles. The molecular formula is C10H10N3O4-. The number of hydrogen-bond donors (Lipinski definition) is 1. The van der Waals surface area contributed by atoms with Gasteiger partial charge >= 0.3 is 0 Å². The van der Waals surface area contributed by atoms with Crippen LogP contribution in [0.1, 0.15) is 0 Å². The smallest absolute Gasteiger partial charge is 0.269 e. The fourth-order valence-corrected chi connectivity index (χ4v) is 1.73. The summed E-state index contributed by atoms with van der Waals surface area (Å²) in [5.41, 5.74) is 0.880. The summed E-state index contributed by atoms with van der Waals surface area (Å²) in [6.07, 6.45) is -1.28. The van der Waals surface area contributed by atoms with Crippen LogP contribution in [0.4, 0.5) is 16.2 Å². The van der Waals surface area contributed by atoms with Crippen LogP contribution in [0.2, 0.25) is 0 Å². The lowest BCUT2D eigenvalue weighted by Crippen LogP contribution is -2.61. The fraction of sp³-hybridized carbons (Fsp3) is 0.300. The number of hydrogen-bond acceptors (Lipinski definition) is 5. The normalized spacial score (nSPS) is 15.2. The van der Waals surface area contributed by atoms with Crippen LogP contribution in [0.15, 0.2) is 24.3 Å². The first-order chi connectivity index (χ1) is 8.06. The second-order valence-electron chi connectivity index (χ2n) is 3.81. The number of benzene rings is 1. The molecule has 7 nitrogen and oxygen atoms in total. The first kappa shape index (κ1) is 11.2. The lowest BCUT2D eigenvalue weighted by molar-refractivity contribution is -0.384. The van der Waals surface area contributed by atoms with Gasteiger partial charge in [0.05, 0.1) is 11.0 Å². The molecule has 1 fully saturated rings. The van der Waals surface area contributed by atoms with Gasteiger partial charge in [-0.25, -0.2) is 0 Å². The highest BCUT2D eigenvalue weighted by molar-refractivity contribution is 5.63. The van der Waals surface area contributed by atoms with E-state index in [9.17, 15) is 20.0 Å². The molecule has 7 heteroatoms. The molecule has 0 atom stereocenters. The van der Waals surface area contributed by atoms with Crippen LogP contribution in [0.25, 0.3) is 0 Å². The standard InChI is InChI=1S/C10H11N3O4/c14-10(15)11-7-5-12(6-7)8-1-3-9(4-2-8)13(16)17/h1-4,7,11H,5-6H2,(H,14,15)/p-1. The third-order valence-electron chi connectivity index (χ3n) is 2.63. The van der Waals surface area contributed by atoms with Gasteiger partial charge in [0.15, 0.2) is 0 Å². The lowest BCUT2D eigenvalue weighted by Gasteiger charge is -2.41. The van der Waals surface area contributed by atoms with Crippen molar-refractivity contribution in [3.63, 3.8) is 0 Å². The van der Waals surface area contributed by atoms with Gasteiger partial charge in [-0.05, 0) is 12.1 Å². The van der Waals surface area contributed by atoms with Crippen molar-refractivity contribution in [2.45, 2.75) is 6.04 Å². The van der Waals surface area contributed by atoms with Gasteiger partial charge in [0.25, 0.3) is 5.69 Å². The zero-order chi connectivity index (χ0) is 12.4. The fourth-order valence-electron chi connectivity index (χ4n) is 1.73. The molecule has 0 aliphatic carbocycles. The van der Waals surface area contributed by atoms with E-state index in [0.29, 0.717) is 13.1 Å². The predicted molar refractivity (Wildman–Crippen MR) is 57.6 cm³/mol. The minimum absolute atomic E-state index is 0.0404. The summed E-state index contributed by atoms with van der Waals surface area (Å²) in [5, 5.41) is 23.0. The Morgan fingerprint density at radius 2 is 1.94 bits per heavy atom. The Morgan fingerprint density at radius 1 is 1.35 bits per heavy atom. The number of non-ortho nitro benzene ring substituents is 1. The van der Waals surface area contributed by atoms with Gasteiger partial charge in [0.1, 0.15) is 6.09 Å². The SMILES string of the molecule is O=C([O-])NC1CN(c2ccc([N+](=O)[O-])cc2)C1. The zero-order valence-corrected chi connectivity index (χ0v) is 8.83. The van der Waals surface area contributed by atoms with Crippen molar-refractivity contribution in [2.24, 2.45) is 0 Å². The molecule has 17 heavy (non-hydrogen) atoms. The molecule has 1 saturated heterocycles. The van der Waals surface area contributed by atoms with Gasteiger partial charge in [-0.15, -0.1) is 0 Å². The van der Waals surface area contributed by atoms with E-state index in [2.05, 4.69) is 5.32 Å². The van der Waals surface area contributed by atoms with E-state index in [1.165, 1.54) is 12.1 Å². The molecule has 1 aromatic rings. The number of amides is 1. The monoisotopic (exact) mass is 236 g/mol. The number of carbonyl (C=O) groups excluding carboxylic acids is 1. The Labute approximate surface area is 96.8 Å². The molecule has 0 unspecified atom stereocenters. The van der Waals surface area contributed by atoms with E-state index >= 15 is 0 Å². The van der Waals surface area contributed by atoms with E-state index in [-0.39, 0.29) is 11.7 Å². The van der Waals surface area contributed by atoms with Crippen LogP contribution in [-0.2, 0) is 0 Å². The van der Waals surface area contributed by atoms with Crippen molar-refractivity contribution in [3.8, 4) is 0 Å². The summed E-state index contributed by atoms with van der Waals surface area (Å²) in [6.45, 7) is 1.09. The summed E-state index contributed by atoms with van der Waals surface area (Å²) >= 11 is 0. The molecule has 1 aromatic carbocycles.